The van der Waals surface area contributed by atoms with Gasteiger partial charge in [-0.25, -0.2) is 0 Å². The number of aromatic amines is 1. The van der Waals surface area contributed by atoms with E-state index in [1.807, 2.05) is 6.07 Å². The molecule has 2 aromatic rings. The summed E-state index contributed by atoms with van der Waals surface area (Å²) in [4.78, 5) is 29.6. The van der Waals surface area contributed by atoms with Crippen molar-refractivity contribution in [3.63, 3.8) is 0 Å². The van der Waals surface area contributed by atoms with E-state index in [-0.39, 0.29) is 17.0 Å². The largest absolute Gasteiger partial charge is 0.366 e. The van der Waals surface area contributed by atoms with Gasteiger partial charge in [-0.1, -0.05) is 6.07 Å². The molecule has 0 saturated heterocycles. The summed E-state index contributed by atoms with van der Waals surface area (Å²) in [5.41, 5.74) is 0.796. The summed E-state index contributed by atoms with van der Waals surface area (Å²) in [6, 6.07) is 4.95. The average molecular weight is 241 g/mol. The van der Waals surface area contributed by atoms with E-state index in [0.717, 1.165) is 5.56 Å². The van der Waals surface area contributed by atoms with Crippen LogP contribution in [0.5, 0.6) is 0 Å². The average Bonchev–Trinajstić information content (AvgIpc) is 2.40. The fourth-order valence-corrected chi connectivity index (χ4v) is 1.33. The van der Waals surface area contributed by atoms with Crippen LogP contribution in [-0.4, -0.2) is 15.9 Å². The maximum absolute atomic E-state index is 11.6. The van der Waals surface area contributed by atoms with Gasteiger partial charge in [0.1, 0.15) is 5.69 Å². The first kappa shape index (κ1) is 11.8. The van der Waals surface area contributed by atoms with E-state index in [1.54, 1.807) is 24.5 Å². The normalized spacial score (nSPS) is 10.4. The molecule has 0 aromatic carbocycles. The number of H-pyrrole nitrogens is 1. The molecule has 0 saturated carbocycles. The summed E-state index contributed by atoms with van der Waals surface area (Å²) in [6.07, 6.45) is 9.21. The number of rotatable bonds is 3. The molecule has 0 fully saturated rings. The fraction of sp³-hybridized carbons (Fsp3) is 0. The Morgan fingerprint density at radius 1 is 1.39 bits per heavy atom. The lowest BCUT2D eigenvalue weighted by atomic mass is 10.2. The van der Waals surface area contributed by atoms with Gasteiger partial charge in [-0.15, -0.1) is 0 Å². The van der Waals surface area contributed by atoms with E-state index in [2.05, 4.69) is 15.3 Å². The minimum atomic E-state index is -0.365. The molecular formula is C13H11N3O2. The molecule has 5 heteroatoms. The molecule has 2 rings (SSSR count). The van der Waals surface area contributed by atoms with Crippen LogP contribution >= 0.6 is 0 Å². The molecule has 90 valence electrons. The number of hydrogen-bond acceptors (Lipinski definition) is 3. The maximum Gasteiger partial charge on any atom is 0.248 e. The van der Waals surface area contributed by atoms with Gasteiger partial charge >= 0.3 is 0 Å². The third kappa shape index (κ3) is 3.15. The number of carbonyl (C=O) groups excluding carboxylic acids is 1. The zero-order valence-corrected chi connectivity index (χ0v) is 9.46. The van der Waals surface area contributed by atoms with Crippen molar-refractivity contribution in [2.75, 3.05) is 5.32 Å². The Labute approximate surface area is 103 Å². The third-order valence-corrected chi connectivity index (χ3v) is 2.19. The molecule has 0 aliphatic heterocycles. The summed E-state index contributed by atoms with van der Waals surface area (Å²) < 4.78 is 0. The van der Waals surface area contributed by atoms with Gasteiger partial charge in [-0.3, -0.25) is 14.6 Å². The topological polar surface area (TPSA) is 74.8 Å². The van der Waals surface area contributed by atoms with Crippen LogP contribution in [0.1, 0.15) is 5.56 Å². The van der Waals surface area contributed by atoms with Crippen molar-refractivity contribution in [2.45, 2.75) is 0 Å². The predicted octanol–water partition coefficient (Wildman–Crippen LogP) is 1.42. The van der Waals surface area contributed by atoms with Gasteiger partial charge < -0.3 is 10.3 Å². The Kier molecular flexibility index (Phi) is 3.66. The molecular weight excluding hydrogens is 230 g/mol. The second-order valence-electron chi connectivity index (χ2n) is 3.53. The molecule has 2 aromatic heterocycles. The van der Waals surface area contributed by atoms with Crippen molar-refractivity contribution in [1.29, 1.82) is 0 Å². The Morgan fingerprint density at radius 2 is 2.28 bits per heavy atom. The first-order chi connectivity index (χ1) is 8.75. The molecule has 0 spiro atoms. The van der Waals surface area contributed by atoms with Gasteiger partial charge in [0, 0.05) is 36.9 Å². The predicted molar refractivity (Wildman–Crippen MR) is 69.0 cm³/mol. The maximum atomic E-state index is 11.6. The van der Waals surface area contributed by atoms with Crippen LogP contribution in [0.15, 0.2) is 53.9 Å². The summed E-state index contributed by atoms with van der Waals surface area (Å²) in [5, 5.41) is 2.49. The van der Waals surface area contributed by atoms with Crippen molar-refractivity contribution in [2.24, 2.45) is 0 Å². The standard InChI is InChI=1S/C13H11N3O2/c17-12-5-7-15-9-11(12)16-13(18)4-3-10-2-1-6-14-8-10/h1-9H,(H,15,17)(H,16,18). The number of pyridine rings is 2. The van der Waals surface area contributed by atoms with Gasteiger partial charge in [-0.2, -0.15) is 0 Å². The van der Waals surface area contributed by atoms with Gasteiger partial charge in [-0.05, 0) is 17.7 Å². The quantitative estimate of drug-likeness (QED) is 0.798. The molecule has 2 N–H and O–H groups in total. The summed E-state index contributed by atoms with van der Waals surface area (Å²) >= 11 is 0. The van der Waals surface area contributed by atoms with Crippen LogP contribution < -0.4 is 10.7 Å². The fourth-order valence-electron chi connectivity index (χ4n) is 1.33. The van der Waals surface area contributed by atoms with Crippen molar-refractivity contribution in [3.8, 4) is 0 Å². The van der Waals surface area contributed by atoms with E-state index >= 15 is 0 Å². The Hall–Kier alpha value is -2.69. The molecule has 0 unspecified atom stereocenters. The summed E-state index contributed by atoms with van der Waals surface area (Å²) in [7, 11) is 0. The zero-order chi connectivity index (χ0) is 12.8. The van der Waals surface area contributed by atoms with E-state index in [1.165, 1.54) is 24.5 Å². The van der Waals surface area contributed by atoms with Crippen LogP contribution in [0, 0.1) is 0 Å². The van der Waals surface area contributed by atoms with E-state index in [0.29, 0.717) is 0 Å². The van der Waals surface area contributed by atoms with E-state index in [4.69, 9.17) is 0 Å². The number of nitrogens with one attached hydrogen (secondary N) is 2. The highest BCUT2D eigenvalue weighted by Crippen LogP contribution is 2.00. The number of hydrogen-bond donors (Lipinski definition) is 2. The van der Waals surface area contributed by atoms with E-state index < -0.39 is 0 Å². The number of carbonyl (C=O) groups is 1. The highest BCUT2D eigenvalue weighted by Gasteiger charge is 2.00. The molecule has 0 bridgehead atoms. The summed E-state index contributed by atoms with van der Waals surface area (Å²) in [5.74, 6) is -0.365. The van der Waals surface area contributed by atoms with Crippen LogP contribution in [-0.2, 0) is 4.79 Å². The second kappa shape index (κ2) is 5.58. The summed E-state index contributed by atoms with van der Waals surface area (Å²) in [6.45, 7) is 0. The number of nitrogens with zero attached hydrogens (tertiary/aromatic N) is 1. The Morgan fingerprint density at radius 3 is 3.00 bits per heavy atom. The minimum Gasteiger partial charge on any atom is -0.366 e. The first-order valence-electron chi connectivity index (χ1n) is 5.32. The lowest BCUT2D eigenvalue weighted by molar-refractivity contribution is -0.111. The molecule has 1 amide bonds. The molecule has 18 heavy (non-hydrogen) atoms. The number of aromatic nitrogens is 2. The third-order valence-electron chi connectivity index (χ3n) is 2.19. The monoisotopic (exact) mass is 241 g/mol. The second-order valence-corrected chi connectivity index (χ2v) is 3.53. The van der Waals surface area contributed by atoms with Crippen LogP contribution in [0.2, 0.25) is 0 Å². The first-order valence-corrected chi connectivity index (χ1v) is 5.32. The Bertz CT molecular complexity index is 617. The molecule has 0 radical (unpaired) electrons. The van der Waals surface area contributed by atoms with Crippen LogP contribution in [0.4, 0.5) is 5.69 Å². The van der Waals surface area contributed by atoms with Crippen LogP contribution in [0.3, 0.4) is 0 Å². The molecule has 2 heterocycles. The minimum absolute atomic E-state index is 0.221. The highest BCUT2D eigenvalue weighted by molar-refractivity contribution is 6.01. The SMILES string of the molecule is O=C(C=Cc1cccnc1)Nc1c[nH]ccc1=O. The van der Waals surface area contributed by atoms with Crippen molar-refractivity contribution in [1.82, 2.24) is 9.97 Å². The highest BCUT2D eigenvalue weighted by atomic mass is 16.2. The Balaban J connectivity index is 2.04. The number of anilines is 1. The van der Waals surface area contributed by atoms with Gasteiger partial charge in [0.2, 0.25) is 11.3 Å². The number of amides is 1. The van der Waals surface area contributed by atoms with Gasteiger partial charge in [0.25, 0.3) is 0 Å². The van der Waals surface area contributed by atoms with Crippen molar-refractivity contribution in [3.05, 3.63) is 64.8 Å². The van der Waals surface area contributed by atoms with Crippen LogP contribution in [0.25, 0.3) is 6.08 Å². The lowest BCUT2D eigenvalue weighted by Gasteiger charge is -1.99. The van der Waals surface area contributed by atoms with Crippen molar-refractivity contribution >= 4 is 17.7 Å². The van der Waals surface area contributed by atoms with E-state index in [9.17, 15) is 9.59 Å². The molecule has 0 atom stereocenters. The smallest absolute Gasteiger partial charge is 0.248 e. The van der Waals surface area contributed by atoms with Crippen molar-refractivity contribution < 1.29 is 4.79 Å². The van der Waals surface area contributed by atoms with Gasteiger partial charge in [0.15, 0.2) is 0 Å². The molecule has 5 nitrogen and oxygen atoms in total. The lowest BCUT2D eigenvalue weighted by Crippen LogP contribution is -2.15. The van der Waals surface area contributed by atoms with Gasteiger partial charge in [0.05, 0.1) is 0 Å². The zero-order valence-electron chi connectivity index (χ0n) is 9.46. The molecule has 0 aliphatic carbocycles. The molecule has 0 aliphatic rings.